The lowest BCUT2D eigenvalue weighted by Crippen LogP contribution is -2.27. The van der Waals surface area contributed by atoms with Crippen molar-refractivity contribution < 1.29 is 14.0 Å². The number of aryl methyl sites for hydroxylation is 1. The summed E-state index contributed by atoms with van der Waals surface area (Å²) in [5.74, 6) is -0.721. The van der Waals surface area contributed by atoms with E-state index in [4.69, 9.17) is 0 Å². The Morgan fingerprint density at radius 2 is 1.97 bits per heavy atom. The molecule has 0 radical (unpaired) electrons. The molecule has 0 bridgehead atoms. The van der Waals surface area contributed by atoms with Crippen molar-refractivity contribution in [2.24, 2.45) is 0 Å². The fourth-order valence-electron chi connectivity index (χ4n) is 3.56. The average Bonchev–Trinajstić information content (AvgIpc) is 3.13. The molecule has 0 aliphatic carbocycles. The van der Waals surface area contributed by atoms with E-state index < -0.39 is 5.82 Å². The number of fused-ring (bicyclic) bond motifs is 1. The molecule has 0 fully saturated rings. The van der Waals surface area contributed by atoms with Crippen LogP contribution in [0.4, 0.5) is 15.8 Å². The Kier molecular flexibility index (Phi) is 6.17. The number of halogens is 1. The van der Waals surface area contributed by atoms with Gasteiger partial charge >= 0.3 is 0 Å². The largest absolute Gasteiger partial charge is 0.357 e. The molecule has 3 N–H and O–H groups in total. The van der Waals surface area contributed by atoms with E-state index in [1.54, 1.807) is 12.1 Å². The standard InChI is InChI=1S/C22H27FN4O2/c1-5-27(6-2)10-9-20(28)26-21-13(3)19(24-14(21)4)12-17-16-11-15(23)7-8-18(16)25-22(17)29/h7-8,11-12,24H,5-6,9-10H2,1-4H3,(H,25,29)(H,26,28)/b17-12-. The van der Waals surface area contributed by atoms with Crippen molar-refractivity contribution in [3.63, 3.8) is 0 Å². The molecule has 2 aromatic rings. The summed E-state index contributed by atoms with van der Waals surface area (Å²) in [5, 5.41) is 5.72. The number of carbonyl (C=O) groups is 2. The molecule has 1 aromatic heterocycles. The summed E-state index contributed by atoms with van der Waals surface area (Å²) in [6.07, 6.45) is 2.12. The first-order chi connectivity index (χ1) is 13.8. The summed E-state index contributed by atoms with van der Waals surface area (Å²) in [5.41, 5.74) is 4.60. The second-order valence-corrected chi connectivity index (χ2v) is 7.19. The second-order valence-electron chi connectivity index (χ2n) is 7.19. The van der Waals surface area contributed by atoms with Gasteiger partial charge in [0.15, 0.2) is 0 Å². The van der Waals surface area contributed by atoms with E-state index >= 15 is 0 Å². The molecule has 0 saturated carbocycles. The minimum absolute atomic E-state index is 0.0488. The van der Waals surface area contributed by atoms with Crippen LogP contribution in [-0.2, 0) is 9.59 Å². The molecule has 1 aliphatic rings. The van der Waals surface area contributed by atoms with Gasteiger partial charge in [0, 0.05) is 35.6 Å². The van der Waals surface area contributed by atoms with E-state index in [9.17, 15) is 14.0 Å². The third kappa shape index (κ3) is 4.40. The molecular weight excluding hydrogens is 371 g/mol. The number of amides is 2. The van der Waals surface area contributed by atoms with E-state index in [-0.39, 0.29) is 11.8 Å². The summed E-state index contributed by atoms with van der Waals surface area (Å²) >= 11 is 0. The van der Waals surface area contributed by atoms with Crippen LogP contribution in [-0.4, -0.2) is 41.3 Å². The van der Waals surface area contributed by atoms with Crippen molar-refractivity contribution in [2.45, 2.75) is 34.1 Å². The van der Waals surface area contributed by atoms with E-state index in [2.05, 4.69) is 34.4 Å². The number of benzene rings is 1. The van der Waals surface area contributed by atoms with Crippen LogP contribution in [0.25, 0.3) is 11.6 Å². The zero-order valence-electron chi connectivity index (χ0n) is 17.3. The molecule has 0 unspecified atom stereocenters. The SMILES string of the molecule is CCN(CC)CCC(=O)Nc1c(C)[nH]c(/C=C2\C(=O)Nc3ccc(F)cc32)c1C. The number of aromatic nitrogens is 1. The fraction of sp³-hybridized carbons (Fsp3) is 0.364. The van der Waals surface area contributed by atoms with Gasteiger partial charge in [-0.25, -0.2) is 4.39 Å². The molecular formula is C22H27FN4O2. The highest BCUT2D eigenvalue weighted by Crippen LogP contribution is 2.35. The topological polar surface area (TPSA) is 77.2 Å². The number of hydrogen-bond donors (Lipinski definition) is 3. The predicted molar refractivity (Wildman–Crippen MR) is 114 cm³/mol. The van der Waals surface area contributed by atoms with Crippen LogP contribution >= 0.6 is 0 Å². The Morgan fingerprint density at radius 1 is 1.24 bits per heavy atom. The van der Waals surface area contributed by atoms with Gasteiger partial charge in [0.1, 0.15) is 5.82 Å². The monoisotopic (exact) mass is 398 g/mol. The Labute approximate surface area is 170 Å². The molecule has 154 valence electrons. The summed E-state index contributed by atoms with van der Waals surface area (Å²) in [6, 6.07) is 4.22. The van der Waals surface area contributed by atoms with Crippen molar-refractivity contribution in [1.29, 1.82) is 0 Å². The molecule has 7 heteroatoms. The predicted octanol–water partition coefficient (Wildman–Crippen LogP) is 3.93. The zero-order chi connectivity index (χ0) is 21.1. The molecule has 29 heavy (non-hydrogen) atoms. The van der Waals surface area contributed by atoms with E-state index in [0.29, 0.717) is 35.5 Å². The van der Waals surface area contributed by atoms with Crippen LogP contribution < -0.4 is 10.6 Å². The van der Waals surface area contributed by atoms with Crippen molar-refractivity contribution in [3.05, 3.63) is 46.5 Å². The first kappa shape index (κ1) is 20.8. The molecule has 0 spiro atoms. The Balaban J connectivity index is 1.82. The first-order valence-corrected chi connectivity index (χ1v) is 9.88. The molecule has 0 atom stereocenters. The second kappa shape index (κ2) is 8.61. The van der Waals surface area contributed by atoms with Crippen LogP contribution in [0.3, 0.4) is 0 Å². The van der Waals surface area contributed by atoms with Gasteiger partial charge in [0.25, 0.3) is 5.91 Å². The molecule has 2 amide bonds. The molecule has 1 aliphatic heterocycles. The van der Waals surface area contributed by atoms with E-state index in [1.807, 2.05) is 13.8 Å². The van der Waals surface area contributed by atoms with Crippen LogP contribution in [0, 0.1) is 19.7 Å². The highest BCUT2D eigenvalue weighted by molar-refractivity contribution is 6.34. The number of aromatic amines is 1. The van der Waals surface area contributed by atoms with Gasteiger partial charge in [-0.3, -0.25) is 9.59 Å². The lowest BCUT2D eigenvalue weighted by Gasteiger charge is -2.17. The van der Waals surface area contributed by atoms with Crippen LogP contribution in [0.5, 0.6) is 0 Å². The van der Waals surface area contributed by atoms with Gasteiger partial charge in [-0.05, 0) is 56.8 Å². The van der Waals surface area contributed by atoms with Gasteiger partial charge in [-0.1, -0.05) is 13.8 Å². The highest BCUT2D eigenvalue weighted by Gasteiger charge is 2.25. The normalized spacial score (nSPS) is 14.4. The maximum Gasteiger partial charge on any atom is 0.256 e. The van der Waals surface area contributed by atoms with Crippen LogP contribution in [0.15, 0.2) is 18.2 Å². The lowest BCUT2D eigenvalue weighted by molar-refractivity contribution is -0.116. The van der Waals surface area contributed by atoms with E-state index in [0.717, 1.165) is 30.0 Å². The Morgan fingerprint density at radius 3 is 2.66 bits per heavy atom. The number of hydrogen-bond acceptors (Lipinski definition) is 3. The van der Waals surface area contributed by atoms with Gasteiger partial charge in [0.05, 0.1) is 11.3 Å². The molecule has 3 rings (SSSR count). The minimum atomic E-state index is -0.397. The van der Waals surface area contributed by atoms with Gasteiger partial charge < -0.3 is 20.5 Å². The summed E-state index contributed by atoms with van der Waals surface area (Å²) in [7, 11) is 0. The summed E-state index contributed by atoms with van der Waals surface area (Å²) in [6.45, 7) is 10.4. The van der Waals surface area contributed by atoms with Gasteiger partial charge in [-0.15, -0.1) is 0 Å². The van der Waals surface area contributed by atoms with Crippen molar-refractivity contribution in [3.8, 4) is 0 Å². The maximum atomic E-state index is 13.6. The minimum Gasteiger partial charge on any atom is -0.357 e. The molecule has 1 aromatic carbocycles. The van der Waals surface area contributed by atoms with Crippen molar-refractivity contribution in [1.82, 2.24) is 9.88 Å². The average molecular weight is 398 g/mol. The number of anilines is 2. The number of rotatable bonds is 7. The molecule has 6 nitrogen and oxygen atoms in total. The van der Waals surface area contributed by atoms with Crippen LogP contribution in [0.1, 0.15) is 42.8 Å². The van der Waals surface area contributed by atoms with Gasteiger partial charge in [0.2, 0.25) is 5.91 Å². The third-order valence-electron chi connectivity index (χ3n) is 5.34. The van der Waals surface area contributed by atoms with Crippen molar-refractivity contribution in [2.75, 3.05) is 30.3 Å². The van der Waals surface area contributed by atoms with E-state index in [1.165, 1.54) is 12.1 Å². The first-order valence-electron chi connectivity index (χ1n) is 9.88. The van der Waals surface area contributed by atoms with Crippen LogP contribution in [0.2, 0.25) is 0 Å². The smallest absolute Gasteiger partial charge is 0.256 e. The lowest BCUT2D eigenvalue weighted by atomic mass is 10.0. The van der Waals surface area contributed by atoms with Gasteiger partial charge in [-0.2, -0.15) is 0 Å². The Hall–Kier alpha value is -2.93. The number of nitrogens with one attached hydrogen (secondary N) is 3. The maximum absolute atomic E-state index is 13.6. The zero-order valence-corrected chi connectivity index (χ0v) is 17.3. The number of nitrogens with zero attached hydrogens (tertiary/aromatic N) is 1. The Bertz CT molecular complexity index is 973. The quantitative estimate of drug-likeness (QED) is 0.619. The van der Waals surface area contributed by atoms with Crippen molar-refractivity contribution >= 4 is 34.8 Å². The number of H-pyrrole nitrogens is 1. The molecule has 2 heterocycles. The summed E-state index contributed by atoms with van der Waals surface area (Å²) in [4.78, 5) is 30.1. The highest BCUT2D eigenvalue weighted by atomic mass is 19.1. The fourth-order valence-corrected chi connectivity index (χ4v) is 3.56. The number of carbonyl (C=O) groups excluding carboxylic acids is 2. The molecule has 0 saturated heterocycles. The summed E-state index contributed by atoms with van der Waals surface area (Å²) < 4.78 is 13.6. The third-order valence-corrected chi connectivity index (χ3v) is 5.34.